The van der Waals surface area contributed by atoms with Crippen molar-refractivity contribution >= 4 is 0 Å². The Labute approximate surface area is 66.9 Å². The molecule has 0 aliphatic carbocycles. The number of pyridine rings is 1. The Bertz CT molecular complexity index is 223. The van der Waals surface area contributed by atoms with Crippen molar-refractivity contribution in [3.8, 4) is 0 Å². The van der Waals surface area contributed by atoms with Crippen LogP contribution >= 0.6 is 0 Å². The van der Waals surface area contributed by atoms with E-state index in [9.17, 15) is 0 Å². The molecule has 1 aromatic heterocycles. The first kappa shape index (κ1) is 8.21. The van der Waals surface area contributed by atoms with Crippen LogP contribution in [0.5, 0.6) is 0 Å². The summed E-state index contributed by atoms with van der Waals surface area (Å²) < 4.78 is 0. The van der Waals surface area contributed by atoms with Crippen LogP contribution in [-0.4, -0.2) is 10.1 Å². The molecule has 0 unspecified atom stereocenters. The topological polar surface area (TPSA) is 33.1 Å². The first-order chi connectivity index (χ1) is 5.29. The largest absolute Gasteiger partial charge is 0.392 e. The third-order valence-electron chi connectivity index (χ3n) is 1.98. The number of hydrogen-bond acceptors (Lipinski definition) is 2. The van der Waals surface area contributed by atoms with Gasteiger partial charge in [0, 0.05) is 12.4 Å². The molecule has 0 aliphatic heterocycles. The van der Waals surface area contributed by atoms with Crippen molar-refractivity contribution in [2.75, 3.05) is 0 Å². The minimum atomic E-state index is 0.0900. The van der Waals surface area contributed by atoms with Crippen molar-refractivity contribution < 1.29 is 5.11 Å². The Morgan fingerprint density at radius 1 is 1.36 bits per heavy atom. The van der Waals surface area contributed by atoms with Gasteiger partial charge in [0.05, 0.1) is 6.61 Å². The highest BCUT2D eigenvalue weighted by atomic mass is 16.3. The molecule has 1 heterocycles. The molecule has 0 saturated carbocycles. The maximum atomic E-state index is 8.90. The molecule has 1 aromatic rings. The van der Waals surface area contributed by atoms with E-state index in [0.29, 0.717) is 0 Å². The Morgan fingerprint density at radius 3 is 2.55 bits per heavy atom. The van der Waals surface area contributed by atoms with Gasteiger partial charge >= 0.3 is 0 Å². The molecule has 0 atom stereocenters. The van der Waals surface area contributed by atoms with Crippen LogP contribution < -0.4 is 0 Å². The molecule has 0 amide bonds. The van der Waals surface area contributed by atoms with Crippen LogP contribution in [0.4, 0.5) is 0 Å². The van der Waals surface area contributed by atoms with Gasteiger partial charge in [-0.25, -0.2) is 0 Å². The third kappa shape index (κ3) is 1.57. The zero-order valence-corrected chi connectivity index (χ0v) is 6.96. The van der Waals surface area contributed by atoms with Gasteiger partial charge in [-0.05, 0) is 30.0 Å². The highest BCUT2D eigenvalue weighted by Crippen LogP contribution is 2.11. The number of aryl methyl sites for hydroxylation is 1. The molecule has 0 saturated heterocycles. The highest BCUT2D eigenvalue weighted by molar-refractivity contribution is 5.29. The normalized spacial score (nSPS) is 10.1. The third-order valence-corrected chi connectivity index (χ3v) is 1.98. The van der Waals surface area contributed by atoms with Gasteiger partial charge in [-0.2, -0.15) is 0 Å². The molecule has 0 radical (unpaired) electrons. The molecule has 1 N–H and O–H groups in total. The number of rotatable bonds is 2. The number of aromatic nitrogens is 1. The molecule has 0 bridgehead atoms. The summed E-state index contributed by atoms with van der Waals surface area (Å²) in [7, 11) is 0. The van der Waals surface area contributed by atoms with Gasteiger partial charge in [-0.15, -0.1) is 0 Å². The second-order valence-corrected chi connectivity index (χ2v) is 2.59. The predicted octanol–water partition coefficient (Wildman–Crippen LogP) is 1.44. The van der Waals surface area contributed by atoms with Crippen LogP contribution in [0.1, 0.15) is 23.6 Å². The summed E-state index contributed by atoms with van der Waals surface area (Å²) in [5.74, 6) is 0. The van der Waals surface area contributed by atoms with Crippen molar-refractivity contribution in [1.82, 2.24) is 4.98 Å². The van der Waals surface area contributed by atoms with E-state index < -0.39 is 0 Å². The molecule has 0 fully saturated rings. The summed E-state index contributed by atoms with van der Waals surface area (Å²) in [4.78, 5) is 4.03. The first-order valence-corrected chi connectivity index (χ1v) is 3.82. The summed E-state index contributed by atoms with van der Waals surface area (Å²) >= 11 is 0. The minimum Gasteiger partial charge on any atom is -0.392 e. The summed E-state index contributed by atoms with van der Waals surface area (Å²) in [5.41, 5.74) is 3.32. The molecule has 0 spiro atoms. The van der Waals surface area contributed by atoms with Gasteiger partial charge in [0.25, 0.3) is 0 Å². The number of aliphatic hydroxyl groups is 1. The van der Waals surface area contributed by atoms with E-state index in [-0.39, 0.29) is 6.61 Å². The monoisotopic (exact) mass is 151 g/mol. The molecular weight excluding hydrogens is 138 g/mol. The van der Waals surface area contributed by atoms with Crippen LogP contribution in [-0.2, 0) is 13.0 Å². The van der Waals surface area contributed by atoms with Gasteiger partial charge in [-0.3, -0.25) is 4.98 Å². The molecule has 1 rings (SSSR count). The smallest absolute Gasteiger partial charge is 0.0699 e. The number of nitrogens with zero attached hydrogens (tertiary/aromatic N) is 1. The van der Waals surface area contributed by atoms with E-state index in [1.165, 1.54) is 11.1 Å². The fraction of sp³-hybridized carbons (Fsp3) is 0.444. The van der Waals surface area contributed by atoms with Crippen molar-refractivity contribution in [3.63, 3.8) is 0 Å². The standard InChI is InChI=1S/C9H13NO/c1-3-8-4-10-5-9(6-11)7(8)2/h4-5,11H,3,6H2,1-2H3. The Hall–Kier alpha value is -0.890. The number of hydrogen-bond donors (Lipinski definition) is 1. The molecular formula is C9H13NO. The van der Waals surface area contributed by atoms with Crippen molar-refractivity contribution in [3.05, 3.63) is 29.1 Å². The van der Waals surface area contributed by atoms with Crippen molar-refractivity contribution in [2.24, 2.45) is 0 Å². The van der Waals surface area contributed by atoms with Crippen molar-refractivity contribution in [1.29, 1.82) is 0 Å². The van der Waals surface area contributed by atoms with Crippen LogP contribution in [0.25, 0.3) is 0 Å². The van der Waals surface area contributed by atoms with Crippen LogP contribution in [0, 0.1) is 6.92 Å². The minimum absolute atomic E-state index is 0.0900. The van der Waals surface area contributed by atoms with Gasteiger partial charge in [-0.1, -0.05) is 6.92 Å². The lowest BCUT2D eigenvalue weighted by atomic mass is 10.1. The zero-order chi connectivity index (χ0) is 8.27. The first-order valence-electron chi connectivity index (χ1n) is 3.82. The maximum Gasteiger partial charge on any atom is 0.0699 e. The zero-order valence-electron chi connectivity index (χ0n) is 6.96. The molecule has 60 valence electrons. The second kappa shape index (κ2) is 3.49. The van der Waals surface area contributed by atoms with Gasteiger partial charge in [0.1, 0.15) is 0 Å². The van der Waals surface area contributed by atoms with E-state index >= 15 is 0 Å². The average Bonchev–Trinajstić information content (AvgIpc) is 2.05. The van der Waals surface area contributed by atoms with E-state index in [2.05, 4.69) is 11.9 Å². The fourth-order valence-corrected chi connectivity index (χ4v) is 1.13. The Kier molecular flexibility index (Phi) is 2.60. The number of aliphatic hydroxyl groups excluding tert-OH is 1. The SMILES string of the molecule is CCc1cncc(CO)c1C. The lowest BCUT2D eigenvalue weighted by Crippen LogP contribution is -1.95. The quantitative estimate of drug-likeness (QED) is 0.693. The molecule has 11 heavy (non-hydrogen) atoms. The molecule has 2 heteroatoms. The van der Waals surface area contributed by atoms with E-state index in [1.54, 1.807) is 6.20 Å². The molecule has 0 aromatic carbocycles. The maximum absolute atomic E-state index is 8.90. The van der Waals surface area contributed by atoms with Gasteiger partial charge < -0.3 is 5.11 Å². The van der Waals surface area contributed by atoms with Gasteiger partial charge in [0.2, 0.25) is 0 Å². The summed E-state index contributed by atoms with van der Waals surface area (Å²) in [6.07, 6.45) is 4.55. The summed E-state index contributed by atoms with van der Waals surface area (Å²) in [6.45, 7) is 4.20. The lowest BCUT2D eigenvalue weighted by molar-refractivity contribution is 0.280. The molecule has 2 nitrogen and oxygen atoms in total. The van der Waals surface area contributed by atoms with Gasteiger partial charge in [0.15, 0.2) is 0 Å². The summed E-state index contributed by atoms with van der Waals surface area (Å²) in [5, 5.41) is 8.90. The highest BCUT2D eigenvalue weighted by Gasteiger charge is 2.00. The molecule has 0 aliphatic rings. The fourth-order valence-electron chi connectivity index (χ4n) is 1.13. The van der Waals surface area contributed by atoms with E-state index in [4.69, 9.17) is 5.11 Å². The lowest BCUT2D eigenvalue weighted by Gasteiger charge is -2.05. The predicted molar refractivity (Wildman–Crippen MR) is 44.3 cm³/mol. The second-order valence-electron chi connectivity index (χ2n) is 2.59. The van der Waals surface area contributed by atoms with Crippen LogP contribution in [0.2, 0.25) is 0 Å². The van der Waals surface area contributed by atoms with E-state index in [1.807, 2.05) is 13.1 Å². The van der Waals surface area contributed by atoms with E-state index in [0.717, 1.165) is 12.0 Å². The van der Waals surface area contributed by atoms with Crippen LogP contribution in [0.15, 0.2) is 12.4 Å². The van der Waals surface area contributed by atoms with Crippen LogP contribution in [0.3, 0.4) is 0 Å². The Morgan fingerprint density at radius 2 is 2.00 bits per heavy atom. The summed E-state index contributed by atoms with van der Waals surface area (Å²) in [6, 6.07) is 0. The Balaban J connectivity index is 3.10. The average molecular weight is 151 g/mol. The van der Waals surface area contributed by atoms with Crippen molar-refractivity contribution in [2.45, 2.75) is 26.9 Å².